The highest BCUT2D eigenvalue weighted by Gasteiger charge is 2.37. The van der Waals surface area contributed by atoms with E-state index in [0.717, 1.165) is 4.90 Å². The van der Waals surface area contributed by atoms with Gasteiger partial charge in [0.25, 0.3) is 5.91 Å². The number of nitrogens with two attached hydrogens (primary N) is 1. The molecular weight excluding hydrogens is 385 g/mol. The molecule has 1 aliphatic heterocycles. The van der Waals surface area contributed by atoms with Crippen molar-refractivity contribution in [3.63, 3.8) is 0 Å². The first-order valence-corrected chi connectivity index (χ1v) is 8.54. The molecule has 2 rings (SSSR count). The minimum absolute atomic E-state index is 0.0427. The Morgan fingerprint density at radius 2 is 2.00 bits per heavy atom. The van der Waals surface area contributed by atoms with Gasteiger partial charge in [-0.15, -0.1) is 0 Å². The molecule has 1 saturated heterocycles. The molecule has 1 aromatic rings. The molecule has 0 radical (unpaired) electrons. The van der Waals surface area contributed by atoms with E-state index in [9.17, 15) is 22.8 Å². The molecule has 0 saturated carbocycles. The number of nitrogens with zero attached hydrogens (tertiary/aromatic N) is 1. The Kier molecular flexibility index (Phi) is 6.92. The number of carbonyl (C=O) groups excluding carboxylic acids is 2. The smallest absolute Gasteiger partial charge is 0.422 e. The number of rotatable bonds is 6. The Bertz CT molecular complexity index is 750. The first-order valence-electron chi connectivity index (χ1n) is 7.73. The van der Waals surface area contributed by atoms with Gasteiger partial charge in [-0.3, -0.25) is 4.79 Å². The third-order valence-corrected chi connectivity index (χ3v) is 4.54. The SMILES string of the molecule is C=C(S/C(=C(\N)C(=O)OCc1ccccc1)N1CCOCC1=O)C(F)(F)F. The lowest BCUT2D eigenvalue weighted by molar-refractivity contribution is -0.141. The van der Waals surface area contributed by atoms with E-state index < -0.39 is 28.7 Å². The number of hydrogen-bond donors (Lipinski definition) is 1. The van der Waals surface area contributed by atoms with Crippen LogP contribution in [0.3, 0.4) is 0 Å². The second kappa shape index (κ2) is 8.96. The minimum Gasteiger partial charge on any atom is -0.456 e. The highest BCUT2D eigenvalue weighted by atomic mass is 32.2. The summed E-state index contributed by atoms with van der Waals surface area (Å²) >= 11 is 0.104. The van der Waals surface area contributed by atoms with E-state index >= 15 is 0 Å². The van der Waals surface area contributed by atoms with E-state index in [2.05, 4.69) is 6.58 Å². The maximum atomic E-state index is 12.9. The number of hydrogen-bond acceptors (Lipinski definition) is 6. The monoisotopic (exact) mass is 402 g/mol. The molecule has 0 aliphatic carbocycles. The molecule has 0 aromatic heterocycles. The van der Waals surface area contributed by atoms with Gasteiger partial charge in [-0.25, -0.2) is 4.79 Å². The van der Waals surface area contributed by atoms with Crippen molar-refractivity contribution < 1.29 is 32.2 Å². The number of morpholine rings is 1. The van der Waals surface area contributed by atoms with E-state index in [1.54, 1.807) is 30.3 Å². The fraction of sp³-hybridized carbons (Fsp3) is 0.294. The number of amides is 1. The quantitative estimate of drug-likeness (QED) is 0.582. The summed E-state index contributed by atoms with van der Waals surface area (Å²) in [4.78, 5) is 24.0. The molecule has 27 heavy (non-hydrogen) atoms. The number of esters is 1. The largest absolute Gasteiger partial charge is 0.456 e. The maximum Gasteiger partial charge on any atom is 0.422 e. The van der Waals surface area contributed by atoms with Crippen LogP contribution in [0.1, 0.15) is 5.56 Å². The number of halogens is 3. The zero-order valence-corrected chi connectivity index (χ0v) is 14.9. The first kappa shape index (κ1) is 20.8. The first-order chi connectivity index (χ1) is 12.7. The molecule has 6 nitrogen and oxygen atoms in total. The van der Waals surface area contributed by atoms with Crippen LogP contribution in [0.2, 0.25) is 0 Å². The zero-order chi connectivity index (χ0) is 20.0. The van der Waals surface area contributed by atoms with E-state index in [-0.39, 0.29) is 43.2 Å². The Morgan fingerprint density at radius 1 is 1.33 bits per heavy atom. The summed E-state index contributed by atoms with van der Waals surface area (Å²) in [5, 5.41) is -0.372. The van der Waals surface area contributed by atoms with Crippen LogP contribution in [0.4, 0.5) is 13.2 Å². The van der Waals surface area contributed by atoms with Gasteiger partial charge in [0.1, 0.15) is 23.9 Å². The van der Waals surface area contributed by atoms with Gasteiger partial charge < -0.3 is 20.1 Å². The van der Waals surface area contributed by atoms with Crippen LogP contribution in [0.5, 0.6) is 0 Å². The summed E-state index contributed by atoms with van der Waals surface area (Å²) in [5.74, 6) is -1.65. The average Bonchev–Trinajstić information content (AvgIpc) is 2.64. The van der Waals surface area contributed by atoms with Crippen LogP contribution in [0.25, 0.3) is 0 Å². The average molecular weight is 402 g/mol. The standard InChI is InChI=1S/C17H17F3N2O4S/c1-11(17(18,19)20)27-15(22-7-8-25-10-13(22)23)14(21)16(24)26-9-12-5-3-2-4-6-12/h2-6H,1,7-10,21H2/b15-14-. The number of ether oxygens (including phenoxy) is 2. The van der Waals surface area contributed by atoms with Gasteiger partial charge in [0.2, 0.25) is 0 Å². The van der Waals surface area contributed by atoms with E-state index in [0.29, 0.717) is 5.56 Å². The van der Waals surface area contributed by atoms with Crippen molar-refractivity contribution in [2.75, 3.05) is 19.8 Å². The molecule has 1 aliphatic rings. The van der Waals surface area contributed by atoms with E-state index in [1.165, 1.54) is 0 Å². The number of allylic oxidation sites excluding steroid dienone is 1. The molecule has 1 amide bonds. The normalized spacial score (nSPS) is 16.0. The Labute approximate surface area is 157 Å². The molecule has 0 spiro atoms. The number of benzene rings is 1. The second-order valence-electron chi connectivity index (χ2n) is 5.40. The summed E-state index contributed by atoms with van der Waals surface area (Å²) < 4.78 is 48.6. The third-order valence-electron chi connectivity index (χ3n) is 3.43. The zero-order valence-electron chi connectivity index (χ0n) is 14.1. The van der Waals surface area contributed by atoms with Crippen molar-refractivity contribution in [1.29, 1.82) is 0 Å². The lowest BCUT2D eigenvalue weighted by Gasteiger charge is -2.29. The summed E-state index contributed by atoms with van der Waals surface area (Å²) in [5.41, 5.74) is 5.83. The van der Waals surface area contributed by atoms with Gasteiger partial charge in [0.05, 0.1) is 11.5 Å². The van der Waals surface area contributed by atoms with Gasteiger partial charge >= 0.3 is 12.1 Å². The minimum atomic E-state index is -4.72. The van der Waals surface area contributed by atoms with Crippen molar-refractivity contribution in [2.45, 2.75) is 12.8 Å². The topological polar surface area (TPSA) is 81.9 Å². The highest BCUT2D eigenvalue weighted by molar-refractivity contribution is 8.06. The van der Waals surface area contributed by atoms with Crippen LogP contribution < -0.4 is 5.73 Å². The molecular formula is C17H17F3N2O4S. The van der Waals surface area contributed by atoms with Gasteiger partial charge in [-0.1, -0.05) is 48.7 Å². The van der Waals surface area contributed by atoms with Crippen LogP contribution in [0, 0.1) is 0 Å². The molecule has 0 bridgehead atoms. The lowest BCUT2D eigenvalue weighted by Crippen LogP contribution is -2.42. The van der Waals surface area contributed by atoms with Gasteiger partial charge in [-0.05, 0) is 5.56 Å². The van der Waals surface area contributed by atoms with Crippen LogP contribution in [-0.4, -0.2) is 42.7 Å². The third kappa shape index (κ3) is 5.76. The Hall–Kier alpha value is -2.46. The molecule has 0 unspecified atom stereocenters. The lowest BCUT2D eigenvalue weighted by atomic mass is 10.2. The van der Waals surface area contributed by atoms with Crippen molar-refractivity contribution in [1.82, 2.24) is 4.90 Å². The predicted molar refractivity (Wildman–Crippen MR) is 92.8 cm³/mol. The summed E-state index contributed by atoms with van der Waals surface area (Å²) in [6, 6.07) is 8.67. The summed E-state index contributed by atoms with van der Waals surface area (Å²) in [6.45, 7) is 2.56. The van der Waals surface area contributed by atoms with Crippen LogP contribution in [-0.2, 0) is 25.7 Å². The molecule has 1 fully saturated rings. The fourth-order valence-corrected chi connectivity index (χ4v) is 2.90. The number of carbonyl (C=O) groups is 2. The van der Waals surface area contributed by atoms with Crippen molar-refractivity contribution in [2.24, 2.45) is 5.73 Å². The van der Waals surface area contributed by atoms with Crippen LogP contribution in [0.15, 0.2) is 52.5 Å². The second-order valence-corrected chi connectivity index (χ2v) is 6.49. The van der Waals surface area contributed by atoms with Gasteiger partial charge in [0, 0.05) is 6.54 Å². The molecule has 1 heterocycles. The predicted octanol–water partition coefficient (Wildman–Crippen LogP) is 2.53. The highest BCUT2D eigenvalue weighted by Crippen LogP contribution is 2.39. The Balaban J connectivity index is 2.23. The maximum absolute atomic E-state index is 12.9. The van der Waals surface area contributed by atoms with Crippen molar-refractivity contribution in [3.05, 3.63) is 58.1 Å². The molecule has 10 heteroatoms. The van der Waals surface area contributed by atoms with Gasteiger partial charge in [-0.2, -0.15) is 13.2 Å². The molecule has 0 atom stereocenters. The number of thioether (sulfide) groups is 1. The molecule has 1 aromatic carbocycles. The molecule has 146 valence electrons. The van der Waals surface area contributed by atoms with Crippen molar-refractivity contribution >= 4 is 23.6 Å². The fourth-order valence-electron chi connectivity index (χ4n) is 2.05. The van der Waals surface area contributed by atoms with E-state index in [4.69, 9.17) is 15.2 Å². The summed E-state index contributed by atoms with van der Waals surface area (Å²) in [6.07, 6.45) is -4.72. The Morgan fingerprint density at radius 3 is 2.59 bits per heavy atom. The van der Waals surface area contributed by atoms with Crippen LogP contribution >= 0.6 is 11.8 Å². The summed E-state index contributed by atoms with van der Waals surface area (Å²) in [7, 11) is 0. The van der Waals surface area contributed by atoms with Crippen molar-refractivity contribution in [3.8, 4) is 0 Å². The van der Waals surface area contributed by atoms with E-state index in [1.807, 2.05) is 0 Å². The van der Waals surface area contributed by atoms with Gasteiger partial charge in [0.15, 0.2) is 0 Å². The number of alkyl halides is 3. The molecule has 2 N–H and O–H groups in total.